The third kappa shape index (κ3) is 4.78. The number of rotatable bonds is 7. The molecule has 6 aromatic rings. The van der Waals surface area contributed by atoms with Crippen molar-refractivity contribution in [2.45, 2.75) is 57.5 Å². The van der Waals surface area contributed by atoms with Crippen LogP contribution in [-0.2, 0) is 19.3 Å². The van der Waals surface area contributed by atoms with Gasteiger partial charge in [0.05, 0.1) is 44.3 Å². The molecule has 5 aromatic heterocycles. The molecule has 3 aliphatic rings. The van der Waals surface area contributed by atoms with Gasteiger partial charge in [0.2, 0.25) is 11.8 Å². The van der Waals surface area contributed by atoms with Crippen LogP contribution in [0.2, 0.25) is 5.02 Å². The van der Waals surface area contributed by atoms with E-state index in [-0.39, 0.29) is 23.8 Å². The summed E-state index contributed by atoms with van der Waals surface area (Å²) in [5.74, 6) is 1.23. The molecule has 48 heavy (non-hydrogen) atoms. The Kier molecular flexibility index (Phi) is 7.01. The highest BCUT2D eigenvalue weighted by molar-refractivity contribution is 7.23. The largest absolute Gasteiger partial charge is 0.421 e. The maximum Gasteiger partial charge on any atom is 0.257 e. The Bertz CT molecular complexity index is 2250. The number of fused-ring (bicyclic) bond motifs is 5. The van der Waals surface area contributed by atoms with Crippen LogP contribution in [-0.4, -0.2) is 42.5 Å². The summed E-state index contributed by atoms with van der Waals surface area (Å²) >= 11 is 8.05. The number of carbonyl (C=O) groups is 1. The van der Waals surface area contributed by atoms with Gasteiger partial charge in [0.15, 0.2) is 0 Å². The molecule has 0 bridgehead atoms. The fraction of sp³-hybridized carbons (Fsp3) is 0.278. The number of hydrogen-bond acceptors (Lipinski definition) is 9. The molecule has 1 aromatic carbocycles. The van der Waals surface area contributed by atoms with E-state index in [1.165, 1.54) is 12.1 Å². The minimum absolute atomic E-state index is 0.0153. The quantitative estimate of drug-likeness (QED) is 0.181. The summed E-state index contributed by atoms with van der Waals surface area (Å²) < 4.78 is 20.8. The first kappa shape index (κ1) is 29.4. The van der Waals surface area contributed by atoms with Crippen LogP contribution in [0.15, 0.2) is 59.4 Å². The van der Waals surface area contributed by atoms with Crippen LogP contribution in [0.4, 0.5) is 10.2 Å². The summed E-state index contributed by atoms with van der Waals surface area (Å²) in [6.45, 7) is 2.45. The Hall–Kier alpha value is -4.74. The topological polar surface area (TPSA) is 110 Å². The number of thiophene rings is 1. The van der Waals surface area contributed by atoms with Crippen molar-refractivity contribution < 1.29 is 13.6 Å². The molecule has 1 saturated heterocycles. The molecular formula is C36H29ClFN7O2S. The lowest BCUT2D eigenvalue weighted by Crippen LogP contribution is -2.22. The Balaban J connectivity index is 1.21. The molecule has 7 heterocycles. The lowest BCUT2D eigenvalue weighted by atomic mass is 9.93. The zero-order chi connectivity index (χ0) is 32.5. The molecule has 0 saturated carbocycles. The van der Waals surface area contributed by atoms with Gasteiger partial charge in [-0.25, -0.2) is 9.37 Å². The van der Waals surface area contributed by atoms with Crippen molar-refractivity contribution in [3.8, 4) is 21.9 Å². The van der Waals surface area contributed by atoms with Crippen molar-refractivity contribution in [3.05, 3.63) is 105 Å². The average molecular weight is 678 g/mol. The van der Waals surface area contributed by atoms with E-state index in [0.717, 1.165) is 80.1 Å². The van der Waals surface area contributed by atoms with Gasteiger partial charge in [-0.15, -0.1) is 21.5 Å². The zero-order valence-electron chi connectivity index (χ0n) is 26.0. The minimum Gasteiger partial charge on any atom is -0.421 e. The Morgan fingerprint density at radius 3 is 2.79 bits per heavy atom. The zero-order valence-corrected chi connectivity index (χ0v) is 27.5. The van der Waals surface area contributed by atoms with Gasteiger partial charge in [0, 0.05) is 42.5 Å². The van der Waals surface area contributed by atoms with Crippen molar-refractivity contribution in [2.24, 2.45) is 0 Å². The molecule has 1 N–H and O–H groups in total. The molecule has 0 unspecified atom stereocenters. The number of nitrogens with one attached hydrogen (secondary N) is 1. The maximum atomic E-state index is 14.2. The van der Waals surface area contributed by atoms with Crippen LogP contribution < -0.4 is 5.32 Å². The molecule has 12 heteroatoms. The van der Waals surface area contributed by atoms with Gasteiger partial charge in [0.1, 0.15) is 11.6 Å². The number of carbonyl (C=O) groups excluding carboxylic acids is 1. The van der Waals surface area contributed by atoms with E-state index in [0.29, 0.717) is 47.3 Å². The van der Waals surface area contributed by atoms with Crippen LogP contribution in [0.5, 0.6) is 0 Å². The number of benzene rings is 1. The lowest BCUT2D eigenvalue weighted by Gasteiger charge is -2.16. The second-order valence-corrected chi connectivity index (χ2v) is 14.1. The van der Waals surface area contributed by atoms with Crippen LogP contribution in [0, 0.1) is 12.7 Å². The van der Waals surface area contributed by atoms with Gasteiger partial charge in [-0.3, -0.25) is 14.8 Å². The minimum atomic E-state index is -0.274. The summed E-state index contributed by atoms with van der Waals surface area (Å²) in [6.07, 6.45) is 10.1. The Morgan fingerprint density at radius 2 is 1.96 bits per heavy atom. The number of aryl methyl sites for hydroxylation is 3. The first-order valence-corrected chi connectivity index (χ1v) is 17.3. The van der Waals surface area contributed by atoms with Crippen molar-refractivity contribution in [1.82, 2.24) is 30.0 Å². The van der Waals surface area contributed by atoms with Crippen molar-refractivity contribution in [3.63, 3.8) is 0 Å². The van der Waals surface area contributed by atoms with Gasteiger partial charge >= 0.3 is 0 Å². The van der Waals surface area contributed by atoms with E-state index in [1.807, 2.05) is 23.4 Å². The standard InChI is InChI=1S/C36H29ClFN7O2S/c1-18-43-44-35(47-18)29-26(10-6-19-4-7-21(38)8-5-19)41-32-27-3-2-14-45(27)36(46)31(32)30(29)28-15-20-12-13-40-34(33(20)48-28)42-25-11-9-22-23(25)16-39-17-24(22)37/h4-5,7-8,12-13,15-17,25,27H,2-3,6,9-11,14H2,1H3,(H,40,42)/t25-,27-/m1/s1. The van der Waals surface area contributed by atoms with Crippen molar-refractivity contribution in [2.75, 3.05) is 11.9 Å². The normalized spacial score (nSPS) is 18.1. The lowest BCUT2D eigenvalue weighted by molar-refractivity contribution is 0.0776. The monoisotopic (exact) mass is 677 g/mol. The van der Waals surface area contributed by atoms with E-state index in [1.54, 1.807) is 36.6 Å². The van der Waals surface area contributed by atoms with Gasteiger partial charge in [-0.1, -0.05) is 23.7 Å². The van der Waals surface area contributed by atoms with Gasteiger partial charge in [-0.2, -0.15) is 0 Å². The highest BCUT2D eigenvalue weighted by Crippen LogP contribution is 2.50. The fourth-order valence-corrected chi connectivity index (χ4v) is 8.93. The summed E-state index contributed by atoms with van der Waals surface area (Å²) in [5.41, 5.74) is 6.84. The Morgan fingerprint density at radius 1 is 1.08 bits per heavy atom. The number of hydrogen-bond donors (Lipinski definition) is 1. The third-order valence-corrected chi connectivity index (χ3v) is 11.2. The molecule has 9 nitrogen and oxygen atoms in total. The van der Waals surface area contributed by atoms with E-state index in [2.05, 4.69) is 26.6 Å². The maximum absolute atomic E-state index is 14.2. The summed E-state index contributed by atoms with van der Waals surface area (Å²) in [5, 5.41) is 14.0. The molecule has 2 aliphatic heterocycles. The van der Waals surface area contributed by atoms with Crippen molar-refractivity contribution >= 4 is 44.7 Å². The van der Waals surface area contributed by atoms with Crippen LogP contribution in [0.3, 0.4) is 0 Å². The van der Waals surface area contributed by atoms with Crippen molar-refractivity contribution in [1.29, 1.82) is 0 Å². The van der Waals surface area contributed by atoms with E-state index >= 15 is 0 Å². The van der Waals surface area contributed by atoms with Crippen LogP contribution in [0.25, 0.3) is 32.0 Å². The fourth-order valence-electron chi connectivity index (χ4n) is 7.51. The highest BCUT2D eigenvalue weighted by Gasteiger charge is 2.45. The van der Waals surface area contributed by atoms with E-state index < -0.39 is 0 Å². The Labute approximate surface area is 284 Å². The summed E-state index contributed by atoms with van der Waals surface area (Å²) in [7, 11) is 0. The van der Waals surface area contributed by atoms with E-state index in [9.17, 15) is 9.18 Å². The number of halogens is 2. The molecule has 1 aliphatic carbocycles. The first-order valence-electron chi connectivity index (χ1n) is 16.1. The van der Waals surface area contributed by atoms with E-state index in [4.69, 9.17) is 26.0 Å². The van der Waals surface area contributed by atoms with Gasteiger partial charge in [0.25, 0.3) is 5.91 Å². The molecule has 1 amide bonds. The van der Waals surface area contributed by atoms with Gasteiger partial charge < -0.3 is 14.6 Å². The second kappa shape index (κ2) is 11.5. The molecule has 240 valence electrons. The molecular weight excluding hydrogens is 649 g/mol. The highest BCUT2D eigenvalue weighted by atomic mass is 35.5. The molecule has 2 atom stereocenters. The summed E-state index contributed by atoms with van der Waals surface area (Å²) in [6, 6.07) is 10.6. The summed E-state index contributed by atoms with van der Waals surface area (Å²) in [4.78, 5) is 31.4. The number of pyridine rings is 3. The van der Waals surface area contributed by atoms with Crippen LogP contribution >= 0.6 is 22.9 Å². The average Bonchev–Trinajstić information content (AvgIpc) is 3.92. The number of amides is 1. The number of nitrogens with zero attached hydrogens (tertiary/aromatic N) is 6. The van der Waals surface area contributed by atoms with Gasteiger partial charge in [-0.05, 0) is 84.9 Å². The smallest absolute Gasteiger partial charge is 0.257 e. The second-order valence-electron chi connectivity index (χ2n) is 12.6. The first-order chi connectivity index (χ1) is 23.4. The number of anilines is 1. The predicted octanol–water partition coefficient (Wildman–Crippen LogP) is 8.08. The third-order valence-electron chi connectivity index (χ3n) is 9.73. The van der Waals surface area contributed by atoms with Crippen LogP contribution in [0.1, 0.15) is 75.7 Å². The SMILES string of the molecule is Cc1nnc(-c2c(CCc3ccc(F)cc3)nc3c(c2-c2cc4ccnc(N[C@@H]5CCc6c(Cl)cncc65)c4s2)C(=O)N2CCC[C@H]32)o1. The predicted molar refractivity (Wildman–Crippen MR) is 182 cm³/mol. The number of aromatic nitrogens is 5. The molecule has 0 spiro atoms. The molecule has 0 radical (unpaired) electrons. The molecule has 9 rings (SSSR count). The molecule has 1 fully saturated rings.